The van der Waals surface area contributed by atoms with E-state index < -0.39 is 0 Å². The van der Waals surface area contributed by atoms with Gasteiger partial charge in [0.15, 0.2) is 5.96 Å². The third-order valence-corrected chi connectivity index (χ3v) is 3.78. The minimum Gasteiger partial charge on any atom is -0.469 e. The summed E-state index contributed by atoms with van der Waals surface area (Å²) in [5, 5.41) is 7.54. The van der Waals surface area contributed by atoms with E-state index in [1.54, 1.807) is 24.7 Å². The molecule has 0 spiro atoms. The van der Waals surface area contributed by atoms with E-state index in [1.165, 1.54) is 4.88 Å². The lowest BCUT2D eigenvalue weighted by Gasteiger charge is -2.11. The van der Waals surface area contributed by atoms with Gasteiger partial charge in [0, 0.05) is 37.7 Å². The lowest BCUT2D eigenvalue weighted by atomic mass is 10.3. The summed E-state index contributed by atoms with van der Waals surface area (Å²) in [6.07, 6.45) is 4.37. The van der Waals surface area contributed by atoms with Crippen molar-refractivity contribution in [3.63, 3.8) is 0 Å². The van der Waals surface area contributed by atoms with E-state index in [9.17, 15) is 0 Å². The molecule has 0 bridgehead atoms. The molecule has 2 aromatic rings. The highest BCUT2D eigenvalue weighted by Crippen LogP contribution is 2.11. The number of nitrogens with one attached hydrogen (secondary N) is 2. The summed E-state index contributed by atoms with van der Waals surface area (Å²) in [6, 6.07) is 3.86. The van der Waals surface area contributed by atoms with Gasteiger partial charge in [-0.15, -0.1) is 11.3 Å². The third-order valence-electron chi connectivity index (χ3n) is 2.88. The summed E-state index contributed by atoms with van der Waals surface area (Å²) in [5.74, 6) is 1.72. The Bertz CT molecular complexity index is 566. The zero-order valence-electron chi connectivity index (χ0n) is 13.0. The number of hydrogen-bond donors (Lipinski definition) is 2. The van der Waals surface area contributed by atoms with Crippen molar-refractivity contribution in [1.82, 2.24) is 15.6 Å². The standard InChI is InChI=1S/C15H22N4O2S/c1-12-10-18-14(22-12)11-19-15(17-7-9-20-2)16-6-5-13-4-3-8-21-13/h3-4,8,10H,5-7,9,11H2,1-2H3,(H2,16,17,19). The maximum Gasteiger partial charge on any atom is 0.191 e. The second-order valence-corrected chi connectivity index (χ2v) is 6.02. The average molecular weight is 322 g/mol. The van der Waals surface area contributed by atoms with Gasteiger partial charge in [0.1, 0.15) is 10.8 Å². The number of furan rings is 1. The van der Waals surface area contributed by atoms with Gasteiger partial charge in [0.2, 0.25) is 0 Å². The highest BCUT2D eigenvalue weighted by molar-refractivity contribution is 7.11. The van der Waals surface area contributed by atoms with Crippen molar-refractivity contribution in [2.45, 2.75) is 19.9 Å². The number of thiazole rings is 1. The molecule has 0 aliphatic carbocycles. The average Bonchev–Trinajstić information content (AvgIpc) is 3.16. The normalized spacial score (nSPS) is 11.6. The fourth-order valence-electron chi connectivity index (χ4n) is 1.83. The molecule has 6 nitrogen and oxygen atoms in total. The molecular formula is C15H22N4O2S. The van der Waals surface area contributed by atoms with Gasteiger partial charge in [-0.05, 0) is 19.1 Å². The van der Waals surface area contributed by atoms with Gasteiger partial charge in [-0.3, -0.25) is 0 Å². The van der Waals surface area contributed by atoms with Gasteiger partial charge < -0.3 is 19.8 Å². The van der Waals surface area contributed by atoms with Crippen LogP contribution in [0.2, 0.25) is 0 Å². The monoisotopic (exact) mass is 322 g/mol. The van der Waals surface area contributed by atoms with Crippen LogP contribution in [0.3, 0.4) is 0 Å². The molecule has 0 saturated carbocycles. The van der Waals surface area contributed by atoms with Crippen LogP contribution < -0.4 is 10.6 Å². The van der Waals surface area contributed by atoms with Gasteiger partial charge >= 0.3 is 0 Å². The first-order chi connectivity index (χ1) is 10.8. The van der Waals surface area contributed by atoms with E-state index in [1.807, 2.05) is 25.3 Å². The third kappa shape index (κ3) is 5.87. The van der Waals surface area contributed by atoms with Crippen molar-refractivity contribution < 1.29 is 9.15 Å². The highest BCUT2D eigenvalue weighted by atomic mass is 32.1. The minimum atomic E-state index is 0.571. The quantitative estimate of drug-likeness (QED) is 0.442. The van der Waals surface area contributed by atoms with Crippen molar-refractivity contribution in [1.29, 1.82) is 0 Å². The van der Waals surface area contributed by atoms with Crippen LogP contribution in [-0.2, 0) is 17.7 Å². The summed E-state index contributed by atoms with van der Waals surface area (Å²) in [6.45, 7) is 4.71. The van der Waals surface area contributed by atoms with Crippen LogP contribution in [0, 0.1) is 6.92 Å². The fraction of sp³-hybridized carbons (Fsp3) is 0.467. The van der Waals surface area contributed by atoms with Crippen LogP contribution in [-0.4, -0.2) is 37.7 Å². The van der Waals surface area contributed by atoms with Crippen LogP contribution in [0.5, 0.6) is 0 Å². The van der Waals surface area contributed by atoms with Crippen LogP contribution in [0.25, 0.3) is 0 Å². The number of rotatable bonds is 8. The maximum atomic E-state index is 5.32. The van der Waals surface area contributed by atoms with Gasteiger partial charge in [-0.1, -0.05) is 0 Å². The molecule has 2 N–H and O–H groups in total. The Balaban J connectivity index is 1.83. The lowest BCUT2D eigenvalue weighted by Crippen LogP contribution is -2.40. The number of methoxy groups -OCH3 is 1. The number of aryl methyl sites for hydroxylation is 1. The second-order valence-electron chi connectivity index (χ2n) is 4.71. The van der Waals surface area contributed by atoms with Crippen LogP contribution in [0.15, 0.2) is 34.0 Å². The molecule has 120 valence electrons. The summed E-state index contributed by atoms with van der Waals surface area (Å²) in [5.41, 5.74) is 0. The zero-order valence-corrected chi connectivity index (χ0v) is 13.8. The lowest BCUT2D eigenvalue weighted by molar-refractivity contribution is 0.203. The summed E-state index contributed by atoms with van der Waals surface area (Å²) < 4.78 is 10.4. The van der Waals surface area contributed by atoms with E-state index in [-0.39, 0.29) is 0 Å². The Hall–Kier alpha value is -1.86. The minimum absolute atomic E-state index is 0.571. The summed E-state index contributed by atoms with van der Waals surface area (Å²) in [7, 11) is 1.68. The first kappa shape index (κ1) is 16.5. The highest BCUT2D eigenvalue weighted by Gasteiger charge is 2.02. The molecular weight excluding hydrogens is 300 g/mol. The molecule has 0 aliphatic rings. The van der Waals surface area contributed by atoms with Gasteiger partial charge in [-0.2, -0.15) is 0 Å². The smallest absolute Gasteiger partial charge is 0.191 e. The molecule has 2 rings (SSSR count). The molecule has 0 saturated heterocycles. The number of ether oxygens (including phenoxy) is 1. The summed E-state index contributed by atoms with van der Waals surface area (Å²) in [4.78, 5) is 10.1. The van der Waals surface area contributed by atoms with Gasteiger partial charge in [-0.25, -0.2) is 9.98 Å². The molecule has 0 atom stereocenters. The molecule has 0 aromatic carbocycles. The SMILES string of the molecule is COCCNC(=NCc1ncc(C)s1)NCCc1ccco1. The van der Waals surface area contributed by atoms with Crippen molar-refractivity contribution in [2.75, 3.05) is 26.8 Å². The maximum absolute atomic E-state index is 5.32. The van der Waals surface area contributed by atoms with Gasteiger partial charge in [0.05, 0.1) is 19.4 Å². The van der Waals surface area contributed by atoms with E-state index in [4.69, 9.17) is 9.15 Å². The molecule has 7 heteroatoms. The zero-order chi connectivity index (χ0) is 15.6. The molecule has 22 heavy (non-hydrogen) atoms. The van der Waals surface area contributed by atoms with Gasteiger partial charge in [0.25, 0.3) is 0 Å². The first-order valence-electron chi connectivity index (χ1n) is 7.22. The number of guanidine groups is 1. The Labute approximate surface area is 134 Å². The van der Waals surface area contributed by atoms with E-state index in [0.717, 1.165) is 29.7 Å². The van der Waals surface area contributed by atoms with Crippen molar-refractivity contribution in [2.24, 2.45) is 4.99 Å². The molecule has 0 aliphatic heterocycles. The molecule has 0 fully saturated rings. The topological polar surface area (TPSA) is 71.7 Å². The number of aliphatic imine (C=N–C) groups is 1. The van der Waals surface area contributed by atoms with Crippen LogP contribution in [0.1, 0.15) is 15.6 Å². The molecule has 2 aromatic heterocycles. The van der Waals surface area contributed by atoms with E-state index in [0.29, 0.717) is 19.7 Å². The predicted octanol–water partition coefficient (Wildman–Crippen LogP) is 1.97. The first-order valence-corrected chi connectivity index (χ1v) is 8.04. The molecule has 0 radical (unpaired) electrons. The van der Waals surface area contributed by atoms with E-state index in [2.05, 4.69) is 20.6 Å². The number of nitrogens with zero attached hydrogens (tertiary/aromatic N) is 2. The van der Waals surface area contributed by atoms with E-state index >= 15 is 0 Å². The van der Waals surface area contributed by atoms with Crippen molar-refractivity contribution in [3.05, 3.63) is 40.2 Å². The Morgan fingerprint density at radius 1 is 1.41 bits per heavy atom. The fourth-order valence-corrected chi connectivity index (χ4v) is 2.54. The number of hydrogen-bond acceptors (Lipinski definition) is 5. The molecule has 0 unspecified atom stereocenters. The van der Waals surface area contributed by atoms with Crippen LogP contribution in [0.4, 0.5) is 0 Å². The van der Waals surface area contributed by atoms with Crippen molar-refractivity contribution in [3.8, 4) is 0 Å². The van der Waals surface area contributed by atoms with Crippen molar-refractivity contribution >= 4 is 17.3 Å². The Morgan fingerprint density at radius 3 is 2.95 bits per heavy atom. The molecule has 2 heterocycles. The largest absolute Gasteiger partial charge is 0.469 e. The Morgan fingerprint density at radius 2 is 2.27 bits per heavy atom. The van der Waals surface area contributed by atoms with Crippen LogP contribution >= 0.6 is 11.3 Å². The number of aromatic nitrogens is 1. The predicted molar refractivity (Wildman–Crippen MR) is 88.3 cm³/mol. The summed E-state index contributed by atoms with van der Waals surface area (Å²) >= 11 is 1.67. The second kappa shape index (κ2) is 9.22. The Kier molecular flexibility index (Phi) is 6.92. The molecule has 0 amide bonds.